The molecule has 0 aromatic heterocycles. The van der Waals surface area contributed by atoms with Crippen LogP contribution >= 0.6 is 0 Å². The lowest BCUT2D eigenvalue weighted by molar-refractivity contribution is 0.115. The molecular weight excluding hydrogens is 412 g/mol. The van der Waals surface area contributed by atoms with E-state index < -0.39 is 0 Å². The Morgan fingerprint density at radius 1 is 0.939 bits per heavy atom. The van der Waals surface area contributed by atoms with Crippen LogP contribution in [0.3, 0.4) is 0 Å². The summed E-state index contributed by atoms with van der Waals surface area (Å²) < 4.78 is 6.04. The molecule has 0 atom stereocenters. The van der Waals surface area contributed by atoms with Gasteiger partial charge in [-0.2, -0.15) is 5.26 Å². The van der Waals surface area contributed by atoms with Crippen molar-refractivity contribution in [2.24, 2.45) is 0 Å². The summed E-state index contributed by atoms with van der Waals surface area (Å²) in [6.07, 6.45) is 7.94. The Morgan fingerprint density at radius 3 is 2.33 bits per heavy atom. The van der Waals surface area contributed by atoms with E-state index in [1.54, 1.807) is 12.1 Å². The summed E-state index contributed by atoms with van der Waals surface area (Å²) in [5.41, 5.74) is 4.33. The molecule has 0 radical (unpaired) electrons. The van der Waals surface area contributed by atoms with Gasteiger partial charge in [0.2, 0.25) is 0 Å². The van der Waals surface area contributed by atoms with Crippen LogP contribution in [-0.2, 0) is 12.8 Å². The second-order valence-electron chi connectivity index (χ2n) is 9.47. The predicted octanol–water partition coefficient (Wildman–Crippen LogP) is 4.59. The highest BCUT2D eigenvalue weighted by Crippen LogP contribution is 2.28. The fourth-order valence-corrected chi connectivity index (χ4v) is 5.12. The standard InChI is InChI=1S/C27H32N4O2/c28-19-20-4-8-25(9-5-20)33-26-12-16-31(17-13-26)27(32)29-23-7-6-21-10-14-30(24-2-1-3-24)15-11-22(21)18-23/h4-9,18,24,26H,1-3,10-17H2,(H,29,32). The average molecular weight is 445 g/mol. The Balaban J connectivity index is 1.12. The topological polar surface area (TPSA) is 68.6 Å². The van der Waals surface area contributed by atoms with Gasteiger partial charge in [0.05, 0.1) is 11.6 Å². The molecule has 1 saturated heterocycles. The quantitative estimate of drug-likeness (QED) is 0.749. The van der Waals surface area contributed by atoms with Gasteiger partial charge in [0.25, 0.3) is 0 Å². The van der Waals surface area contributed by atoms with Crippen LogP contribution in [0.5, 0.6) is 5.75 Å². The van der Waals surface area contributed by atoms with Gasteiger partial charge in [0.15, 0.2) is 0 Å². The largest absolute Gasteiger partial charge is 0.490 e. The minimum Gasteiger partial charge on any atom is -0.490 e. The van der Waals surface area contributed by atoms with E-state index >= 15 is 0 Å². The average Bonchev–Trinajstić information content (AvgIpc) is 3.01. The molecule has 2 amide bonds. The molecule has 172 valence electrons. The Morgan fingerprint density at radius 2 is 1.67 bits per heavy atom. The summed E-state index contributed by atoms with van der Waals surface area (Å²) in [6, 6.07) is 16.5. The van der Waals surface area contributed by atoms with E-state index in [1.807, 2.05) is 17.0 Å². The Hall–Kier alpha value is -3.04. The maximum absolute atomic E-state index is 12.9. The van der Waals surface area contributed by atoms with Gasteiger partial charge < -0.3 is 15.0 Å². The number of nitrogens with one attached hydrogen (secondary N) is 1. The van der Waals surface area contributed by atoms with E-state index in [2.05, 4.69) is 34.5 Å². The van der Waals surface area contributed by atoms with Crippen LogP contribution in [0, 0.1) is 11.3 Å². The molecule has 0 spiro atoms. The number of likely N-dealkylation sites (tertiary alicyclic amines) is 1. The number of hydrogen-bond donors (Lipinski definition) is 1. The van der Waals surface area contributed by atoms with E-state index in [4.69, 9.17) is 10.00 Å². The summed E-state index contributed by atoms with van der Waals surface area (Å²) in [7, 11) is 0. The maximum Gasteiger partial charge on any atom is 0.321 e. The van der Waals surface area contributed by atoms with Crippen LogP contribution in [-0.4, -0.2) is 54.2 Å². The van der Waals surface area contributed by atoms with Crippen molar-refractivity contribution in [3.8, 4) is 11.8 Å². The molecule has 33 heavy (non-hydrogen) atoms. The van der Waals surface area contributed by atoms with E-state index in [0.717, 1.165) is 56.3 Å². The summed E-state index contributed by atoms with van der Waals surface area (Å²) in [4.78, 5) is 17.4. The smallest absolute Gasteiger partial charge is 0.321 e. The van der Waals surface area contributed by atoms with Gasteiger partial charge in [-0.15, -0.1) is 0 Å². The van der Waals surface area contributed by atoms with Crippen LogP contribution in [0.2, 0.25) is 0 Å². The molecule has 2 aliphatic heterocycles. The van der Waals surface area contributed by atoms with Gasteiger partial charge in [-0.25, -0.2) is 4.79 Å². The van der Waals surface area contributed by atoms with Crippen LogP contribution in [0.4, 0.5) is 10.5 Å². The molecule has 1 N–H and O–H groups in total. The number of nitriles is 1. The number of carbonyl (C=O) groups is 1. The van der Waals surface area contributed by atoms with Gasteiger partial charge in [0, 0.05) is 50.7 Å². The molecule has 5 rings (SSSR count). The minimum absolute atomic E-state index is 0.0310. The summed E-state index contributed by atoms with van der Waals surface area (Å²) in [5, 5.41) is 12.0. The summed E-state index contributed by atoms with van der Waals surface area (Å²) >= 11 is 0. The van der Waals surface area contributed by atoms with E-state index in [0.29, 0.717) is 18.7 Å². The Labute approximate surface area is 196 Å². The highest BCUT2D eigenvalue weighted by molar-refractivity contribution is 5.89. The first-order valence-electron chi connectivity index (χ1n) is 12.3. The summed E-state index contributed by atoms with van der Waals surface area (Å²) in [5.74, 6) is 0.776. The molecule has 6 nitrogen and oxygen atoms in total. The molecule has 1 saturated carbocycles. The van der Waals surface area contributed by atoms with Gasteiger partial charge >= 0.3 is 6.03 Å². The zero-order valence-corrected chi connectivity index (χ0v) is 19.1. The third-order valence-corrected chi connectivity index (χ3v) is 7.40. The SMILES string of the molecule is N#Cc1ccc(OC2CCN(C(=O)Nc3ccc4c(c3)CCN(C3CCC3)CC4)CC2)cc1. The highest BCUT2D eigenvalue weighted by atomic mass is 16.5. The number of piperidine rings is 1. The molecule has 0 unspecified atom stereocenters. The first-order valence-corrected chi connectivity index (χ1v) is 12.3. The lowest BCUT2D eigenvalue weighted by atomic mass is 9.91. The molecule has 2 aromatic rings. The predicted molar refractivity (Wildman–Crippen MR) is 128 cm³/mol. The first kappa shape index (κ1) is 21.8. The zero-order valence-electron chi connectivity index (χ0n) is 19.1. The lowest BCUT2D eigenvalue weighted by Gasteiger charge is -2.36. The van der Waals surface area contributed by atoms with Gasteiger partial charge in [0.1, 0.15) is 11.9 Å². The van der Waals surface area contributed by atoms with Crippen molar-refractivity contribution in [3.63, 3.8) is 0 Å². The number of hydrogen-bond acceptors (Lipinski definition) is 4. The van der Waals surface area contributed by atoms with Crippen LogP contribution in [0.25, 0.3) is 0 Å². The number of anilines is 1. The van der Waals surface area contributed by atoms with Crippen molar-refractivity contribution in [1.29, 1.82) is 5.26 Å². The Bertz CT molecular complexity index is 1020. The van der Waals surface area contributed by atoms with E-state index in [9.17, 15) is 4.79 Å². The number of benzene rings is 2. The molecule has 6 heteroatoms. The minimum atomic E-state index is -0.0310. The molecule has 2 fully saturated rings. The number of urea groups is 1. The van der Waals surface area contributed by atoms with Crippen LogP contribution in [0.15, 0.2) is 42.5 Å². The normalized spacial score (nSPS) is 19.7. The van der Waals surface area contributed by atoms with E-state index in [1.165, 1.54) is 30.4 Å². The molecule has 0 bridgehead atoms. The number of rotatable bonds is 4. The van der Waals surface area contributed by atoms with Crippen molar-refractivity contribution >= 4 is 11.7 Å². The van der Waals surface area contributed by atoms with Crippen LogP contribution in [0.1, 0.15) is 48.8 Å². The van der Waals surface area contributed by atoms with Gasteiger partial charge in [-0.1, -0.05) is 12.5 Å². The lowest BCUT2D eigenvalue weighted by Crippen LogP contribution is -2.43. The number of nitrogens with zero attached hydrogens (tertiary/aromatic N) is 3. The molecule has 2 aromatic carbocycles. The van der Waals surface area contributed by atoms with Crippen molar-refractivity contribution in [2.75, 3.05) is 31.5 Å². The number of carbonyl (C=O) groups excluding carboxylic acids is 1. The summed E-state index contributed by atoms with van der Waals surface area (Å²) in [6.45, 7) is 3.63. The number of amides is 2. The fourth-order valence-electron chi connectivity index (χ4n) is 5.12. The van der Waals surface area contributed by atoms with Crippen molar-refractivity contribution in [1.82, 2.24) is 9.80 Å². The van der Waals surface area contributed by atoms with Crippen LogP contribution < -0.4 is 10.1 Å². The zero-order chi connectivity index (χ0) is 22.6. The number of fused-ring (bicyclic) bond motifs is 1. The number of ether oxygens (including phenoxy) is 1. The molecule has 2 heterocycles. The van der Waals surface area contributed by atoms with E-state index in [-0.39, 0.29) is 12.1 Å². The van der Waals surface area contributed by atoms with Gasteiger partial charge in [-0.05, 0) is 73.2 Å². The van der Waals surface area contributed by atoms with Crippen molar-refractivity contribution in [3.05, 3.63) is 59.2 Å². The molecule has 1 aliphatic carbocycles. The fraction of sp³-hybridized carbons (Fsp3) is 0.481. The highest BCUT2D eigenvalue weighted by Gasteiger charge is 2.27. The molecule has 3 aliphatic rings. The monoisotopic (exact) mass is 444 g/mol. The van der Waals surface area contributed by atoms with Crippen molar-refractivity contribution < 1.29 is 9.53 Å². The molecular formula is C27H32N4O2. The maximum atomic E-state index is 12.9. The second-order valence-corrected chi connectivity index (χ2v) is 9.47. The third-order valence-electron chi connectivity index (χ3n) is 7.40. The third kappa shape index (κ3) is 5.15. The second kappa shape index (κ2) is 9.84. The first-order chi connectivity index (χ1) is 16.2. The van der Waals surface area contributed by atoms with Crippen molar-refractivity contribution in [2.45, 2.75) is 57.1 Å². The Kier molecular flexibility index (Phi) is 6.50. The van der Waals surface area contributed by atoms with Gasteiger partial charge in [-0.3, -0.25) is 4.90 Å².